The average Bonchev–Trinajstić information content (AvgIpc) is 3.40. The molecular weight excluding hydrogens is 614 g/mol. The summed E-state index contributed by atoms with van der Waals surface area (Å²) in [6.45, 7) is 1.59. The number of carbonyl (C=O) groups is 2. The number of fused-ring (bicyclic) bond motifs is 3. The number of aliphatic carboxylic acids is 2. The van der Waals surface area contributed by atoms with E-state index in [4.69, 9.17) is 24.8 Å². The number of nitrogens with zero attached hydrogens (tertiary/aromatic N) is 5. The van der Waals surface area contributed by atoms with Gasteiger partial charge in [-0.3, -0.25) is 0 Å². The highest BCUT2D eigenvalue weighted by molar-refractivity contribution is 7.91. The number of halogens is 6. The van der Waals surface area contributed by atoms with Gasteiger partial charge in [0.15, 0.2) is 9.84 Å². The fraction of sp³-hybridized carbons (Fsp3) is 0.333. The van der Waals surface area contributed by atoms with Crippen LogP contribution in [0.15, 0.2) is 55.1 Å². The molecule has 2 atom stereocenters. The van der Waals surface area contributed by atoms with Crippen LogP contribution >= 0.6 is 0 Å². The van der Waals surface area contributed by atoms with E-state index in [-0.39, 0.29) is 11.7 Å². The third-order valence-corrected chi connectivity index (χ3v) is 8.12. The van der Waals surface area contributed by atoms with Gasteiger partial charge < -0.3 is 20.4 Å². The lowest BCUT2D eigenvalue weighted by molar-refractivity contribution is -0.193. The van der Waals surface area contributed by atoms with E-state index in [1.807, 2.05) is 35.2 Å². The summed E-state index contributed by atoms with van der Waals surface area (Å²) in [4.78, 5) is 37.1. The summed E-state index contributed by atoms with van der Waals surface area (Å²) in [6.07, 6.45) is -5.37. The fourth-order valence-corrected chi connectivity index (χ4v) is 6.09. The van der Waals surface area contributed by atoms with E-state index < -0.39 is 39.4 Å². The van der Waals surface area contributed by atoms with Crippen LogP contribution in [0.2, 0.25) is 0 Å². The molecule has 0 aliphatic carbocycles. The van der Waals surface area contributed by atoms with Crippen LogP contribution in [0.3, 0.4) is 0 Å². The Balaban J connectivity index is 0.000000303. The van der Waals surface area contributed by atoms with Crippen LogP contribution in [-0.2, 0) is 31.7 Å². The molecule has 232 valence electrons. The largest absolute Gasteiger partial charge is 0.490 e. The molecule has 1 aromatic carbocycles. The first-order chi connectivity index (χ1) is 20.0. The SMILES string of the molecule is O=C(O)C(F)(F)F.O=C(O)C(F)(F)F.O=S1(=O)Cc2cnc(NCc3ccccc3)nc2[C@H]2CN(c3ccncn3)C[C@H]21. The van der Waals surface area contributed by atoms with Crippen LogP contribution in [0.1, 0.15) is 22.7 Å². The summed E-state index contributed by atoms with van der Waals surface area (Å²) in [7, 11) is -3.27. The Morgan fingerprint density at radius 2 is 1.56 bits per heavy atom. The summed E-state index contributed by atoms with van der Waals surface area (Å²) in [6, 6.07) is 11.8. The van der Waals surface area contributed by atoms with Crippen molar-refractivity contribution < 1.29 is 54.6 Å². The lowest BCUT2D eigenvalue weighted by Gasteiger charge is -2.26. The van der Waals surface area contributed by atoms with Crippen LogP contribution in [0.25, 0.3) is 0 Å². The Bertz CT molecular complexity index is 1500. The minimum absolute atomic E-state index is 0.0138. The van der Waals surface area contributed by atoms with Gasteiger partial charge in [-0.05, 0) is 11.6 Å². The number of anilines is 2. The molecule has 2 aromatic heterocycles. The first-order valence-corrected chi connectivity index (χ1v) is 13.7. The number of hydrogen-bond donors (Lipinski definition) is 3. The molecule has 2 aliphatic heterocycles. The van der Waals surface area contributed by atoms with Crippen molar-refractivity contribution in [3.63, 3.8) is 0 Å². The predicted molar refractivity (Wildman–Crippen MR) is 137 cm³/mol. The highest BCUT2D eigenvalue weighted by Crippen LogP contribution is 2.40. The van der Waals surface area contributed by atoms with E-state index in [1.54, 1.807) is 18.5 Å². The van der Waals surface area contributed by atoms with Gasteiger partial charge in [0.2, 0.25) is 5.95 Å². The van der Waals surface area contributed by atoms with Gasteiger partial charge >= 0.3 is 24.3 Å². The van der Waals surface area contributed by atoms with Crippen LogP contribution in [0, 0.1) is 0 Å². The predicted octanol–water partition coefficient (Wildman–Crippen LogP) is 3.05. The van der Waals surface area contributed by atoms with Gasteiger partial charge in [-0.2, -0.15) is 26.3 Å². The fourth-order valence-electron chi connectivity index (χ4n) is 4.10. The second-order valence-corrected chi connectivity index (χ2v) is 11.2. The first kappa shape index (κ1) is 33.0. The van der Waals surface area contributed by atoms with Crippen molar-refractivity contribution in [2.75, 3.05) is 23.3 Å². The second-order valence-electron chi connectivity index (χ2n) is 8.97. The first-order valence-electron chi connectivity index (χ1n) is 12.0. The summed E-state index contributed by atoms with van der Waals surface area (Å²) in [5, 5.41) is 17.0. The molecule has 0 spiro atoms. The molecule has 0 amide bonds. The molecule has 0 radical (unpaired) electrons. The normalized spacial score (nSPS) is 18.5. The van der Waals surface area contributed by atoms with Crippen LogP contribution < -0.4 is 10.2 Å². The van der Waals surface area contributed by atoms with E-state index in [1.165, 1.54) is 6.33 Å². The van der Waals surface area contributed by atoms with Crippen molar-refractivity contribution in [3.05, 3.63) is 71.9 Å². The van der Waals surface area contributed by atoms with Crippen molar-refractivity contribution in [1.82, 2.24) is 19.9 Å². The summed E-state index contributed by atoms with van der Waals surface area (Å²) < 4.78 is 89.2. The molecule has 5 rings (SSSR count). The smallest absolute Gasteiger partial charge is 0.475 e. The minimum atomic E-state index is -5.08. The summed E-state index contributed by atoms with van der Waals surface area (Å²) >= 11 is 0. The monoisotopic (exact) mass is 636 g/mol. The third kappa shape index (κ3) is 8.97. The van der Waals surface area contributed by atoms with Crippen molar-refractivity contribution in [1.29, 1.82) is 0 Å². The van der Waals surface area contributed by atoms with Gasteiger partial charge in [0.1, 0.15) is 12.1 Å². The van der Waals surface area contributed by atoms with Crippen molar-refractivity contribution in [2.24, 2.45) is 0 Å². The average molecular weight is 637 g/mol. The van der Waals surface area contributed by atoms with Crippen molar-refractivity contribution in [3.8, 4) is 0 Å². The van der Waals surface area contributed by atoms with E-state index in [0.717, 1.165) is 17.1 Å². The van der Waals surface area contributed by atoms with E-state index >= 15 is 0 Å². The Kier molecular flexibility index (Phi) is 10.1. The molecule has 1 saturated heterocycles. The number of benzene rings is 1. The molecular formula is C24H22F6N6O6S. The number of hydrogen-bond acceptors (Lipinski definition) is 10. The Hall–Kier alpha value is -4.55. The molecule has 0 saturated carbocycles. The number of alkyl halides is 6. The van der Waals surface area contributed by atoms with E-state index in [0.29, 0.717) is 31.1 Å². The zero-order valence-electron chi connectivity index (χ0n) is 21.6. The summed E-state index contributed by atoms with van der Waals surface area (Å²) in [5.41, 5.74) is 2.65. The highest BCUT2D eigenvalue weighted by Gasteiger charge is 2.47. The topological polar surface area (TPSA) is 176 Å². The Morgan fingerprint density at radius 1 is 0.953 bits per heavy atom. The molecule has 4 heterocycles. The number of nitrogens with one attached hydrogen (secondary N) is 1. The number of carboxylic acid groups (broad SMARTS) is 2. The number of sulfone groups is 1. The van der Waals surface area contributed by atoms with Gasteiger partial charge in [0.05, 0.1) is 16.7 Å². The molecule has 19 heteroatoms. The molecule has 43 heavy (non-hydrogen) atoms. The van der Waals surface area contributed by atoms with E-state index in [9.17, 15) is 34.8 Å². The summed E-state index contributed by atoms with van der Waals surface area (Å²) in [5.74, 6) is -4.46. The molecule has 0 bridgehead atoms. The third-order valence-electron chi connectivity index (χ3n) is 6.00. The zero-order valence-corrected chi connectivity index (χ0v) is 22.4. The molecule has 3 aromatic rings. The molecule has 1 fully saturated rings. The van der Waals surface area contributed by atoms with Gasteiger partial charge in [-0.15, -0.1) is 0 Å². The standard InChI is InChI=1S/C20H20N6O2S.2C2HF3O2/c27-29(28)12-15-9-23-20(22-8-14-4-2-1-3-5-14)25-19(15)16-10-26(11-17(16)29)18-6-7-21-13-24-18;2*3-2(4,5)1(6)7/h1-7,9,13,16-17H,8,10-12H2,(H,22,23,25);2*(H,6,7)/t16-,17+;;/m0../s1. The van der Waals surface area contributed by atoms with Gasteiger partial charge in [-0.25, -0.2) is 37.9 Å². The minimum Gasteiger partial charge on any atom is -0.475 e. The number of aromatic nitrogens is 4. The molecule has 12 nitrogen and oxygen atoms in total. The Labute approximate surface area is 239 Å². The van der Waals surface area contributed by atoms with E-state index in [2.05, 4.69) is 20.3 Å². The van der Waals surface area contributed by atoms with Crippen LogP contribution in [0.4, 0.5) is 38.1 Å². The Morgan fingerprint density at radius 3 is 2.09 bits per heavy atom. The second kappa shape index (κ2) is 13.2. The lowest BCUT2D eigenvalue weighted by Crippen LogP contribution is -2.35. The van der Waals surface area contributed by atoms with Crippen LogP contribution in [0.5, 0.6) is 0 Å². The quantitative estimate of drug-likeness (QED) is 0.358. The lowest BCUT2D eigenvalue weighted by atomic mass is 10.00. The highest BCUT2D eigenvalue weighted by atomic mass is 32.2. The number of rotatable bonds is 4. The molecule has 0 unspecified atom stereocenters. The maximum Gasteiger partial charge on any atom is 0.490 e. The van der Waals surface area contributed by atoms with Crippen molar-refractivity contribution in [2.45, 2.75) is 35.8 Å². The van der Waals surface area contributed by atoms with Gasteiger partial charge in [-0.1, -0.05) is 30.3 Å². The van der Waals surface area contributed by atoms with Gasteiger partial charge in [0.25, 0.3) is 0 Å². The number of carboxylic acids is 2. The van der Waals surface area contributed by atoms with Gasteiger partial charge in [0, 0.05) is 43.5 Å². The molecule has 3 N–H and O–H groups in total. The maximum absolute atomic E-state index is 12.9. The zero-order chi connectivity index (χ0) is 32.0. The van der Waals surface area contributed by atoms with Crippen LogP contribution in [-0.4, -0.2) is 81.2 Å². The maximum atomic E-state index is 12.9. The molecule has 2 aliphatic rings. The van der Waals surface area contributed by atoms with Crippen molar-refractivity contribution >= 4 is 33.5 Å².